The smallest absolute Gasteiger partial charge is 0.269 e. The van der Waals surface area contributed by atoms with Crippen molar-refractivity contribution in [2.45, 2.75) is 12.1 Å². The maximum atomic E-state index is 14.1. The molecule has 2 saturated heterocycles. The minimum absolute atomic E-state index is 0.116. The molecular formula is C29H24N4O7. The van der Waals surface area contributed by atoms with Crippen LogP contribution >= 0.6 is 0 Å². The van der Waals surface area contributed by atoms with Gasteiger partial charge in [0, 0.05) is 29.6 Å². The van der Waals surface area contributed by atoms with Gasteiger partial charge in [0.1, 0.15) is 17.5 Å². The number of carbonyl (C=O) groups excluding carboxylic acids is 3. The minimum atomic E-state index is -1.03. The molecule has 11 nitrogen and oxygen atoms in total. The Balaban J connectivity index is 1.42. The van der Waals surface area contributed by atoms with Crippen LogP contribution in [0.4, 0.5) is 22.7 Å². The second-order valence-electron chi connectivity index (χ2n) is 9.66. The molecule has 3 aromatic carbocycles. The molecular weight excluding hydrogens is 516 g/mol. The quantitative estimate of drug-likeness (QED) is 0.285. The molecule has 3 amide bonds. The van der Waals surface area contributed by atoms with E-state index in [2.05, 4.69) is 5.32 Å². The Bertz CT molecular complexity index is 1590. The molecule has 11 heteroatoms. The lowest BCUT2D eigenvalue weighted by molar-refractivity contribution is -0.384. The Kier molecular flexibility index (Phi) is 5.98. The number of hydrogen-bond acceptors (Lipinski definition) is 8. The average molecular weight is 541 g/mol. The normalized spacial score (nSPS) is 22.4. The van der Waals surface area contributed by atoms with Crippen molar-refractivity contribution in [3.63, 3.8) is 0 Å². The molecule has 0 unspecified atom stereocenters. The van der Waals surface area contributed by atoms with Gasteiger partial charge in [-0.05, 0) is 35.9 Å². The van der Waals surface area contributed by atoms with Crippen molar-refractivity contribution in [3.8, 4) is 11.5 Å². The van der Waals surface area contributed by atoms with Crippen LogP contribution in [0, 0.1) is 22.0 Å². The number of non-ortho nitro benzene ring substituents is 1. The number of para-hydroxylation sites is 1. The summed E-state index contributed by atoms with van der Waals surface area (Å²) in [4.78, 5) is 55.4. The third kappa shape index (κ3) is 3.77. The maximum absolute atomic E-state index is 14.1. The monoisotopic (exact) mass is 540 g/mol. The zero-order valence-corrected chi connectivity index (χ0v) is 21.5. The summed E-state index contributed by atoms with van der Waals surface area (Å²) in [6.45, 7) is 0. The van der Waals surface area contributed by atoms with Crippen molar-refractivity contribution >= 4 is 46.5 Å². The largest absolute Gasteiger partial charge is 0.497 e. The number of carbonyl (C=O) groups is 3. The Morgan fingerprint density at radius 1 is 0.925 bits per heavy atom. The van der Waals surface area contributed by atoms with Gasteiger partial charge in [0.2, 0.25) is 17.7 Å². The van der Waals surface area contributed by atoms with E-state index in [1.165, 1.54) is 38.5 Å². The van der Waals surface area contributed by atoms with Gasteiger partial charge in [0.15, 0.2) is 0 Å². The third-order valence-corrected chi connectivity index (χ3v) is 7.66. The molecule has 2 fully saturated rings. The van der Waals surface area contributed by atoms with Crippen LogP contribution in [0.3, 0.4) is 0 Å². The van der Waals surface area contributed by atoms with Gasteiger partial charge in [-0.2, -0.15) is 0 Å². The van der Waals surface area contributed by atoms with Gasteiger partial charge in [0.05, 0.1) is 42.7 Å². The first-order chi connectivity index (χ1) is 19.3. The predicted octanol–water partition coefficient (Wildman–Crippen LogP) is 3.64. The number of nitro groups is 1. The number of ether oxygens (including phenoxy) is 2. The lowest BCUT2D eigenvalue weighted by Gasteiger charge is -2.36. The predicted molar refractivity (Wildman–Crippen MR) is 146 cm³/mol. The van der Waals surface area contributed by atoms with E-state index < -0.39 is 46.6 Å². The number of anilines is 3. The van der Waals surface area contributed by atoms with Crippen LogP contribution in [0.2, 0.25) is 0 Å². The number of imide groups is 1. The number of amides is 3. The van der Waals surface area contributed by atoms with Crippen molar-refractivity contribution in [2.75, 3.05) is 29.3 Å². The minimum Gasteiger partial charge on any atom is -0.497 e. The molecule has 40 heavy (non-hydrogen) atoms. The first-order valence-electron chi connectivity index (χ1n) is 12.5. The molecule has 1 N–H and O–H groups in total. The molecule has 3 heterocycles. The van der Waals surface area contributed by atoms with E-state index in [0.717, 1.165) is 16.2 Å². The van der Waals surface area contributed by atoms with Crippen molar-refractivity contribution in [1.29, 1.82) is 0 Å². The standard InChI is InChI=1S/C29H24N4O7/c1-39-19-12-14-21(23(15-19)40-2)32-28(35)24-22-13-7-16-5-3-4-6-20(16)31(22)26(25(24)29(32)36)27(34)30-17-8-10-18(11-9-17)33(37)38/h3-15,22,24-26H,1-2H3,(H,30,34)/t22-,24-,25-,26+/m0/s1. The van der Waals surface area contributed by atoms with E-state index in [4.69, 9.17) is 9.47 Å². The van der Waals surface area contributed by atoms with Crippen molar-refractivity contribution in [3.05, 3.63) is 88.5 Å². The number of fused-ring (bicyclic) bond motifs is 5. The zero-order valence-electron chi connectivity index (χ0n) is 21.5. The lowest BCUT2D eigenvalue weighted by Crippen LogP contribution is -2.50. The van der Waals surface area contributed by atoms with Crippen molar-refractivity contribution in [1.82, 2.24) is 0 Å². The van der Waals surface area contributed by atoms with E-state index in [1.807, 2.05) is 41.3 Å². The van der Waals surface area contributed by atoms with Gasteiger partial charge in [-0.1, -0.05) is 30.4 Å². The molecule has 0 spiro atoms. The Morgan fingerprint density at radius 3 is 2.35 bits per heavy atom. The fourth-order valence-corrected chi connectivity index (χ4v) is 5.90. The highest BCUT2D eigenvalue weighted by Gasteiger charge is 2.64. The van der Waals surface area contributed by atoms with Gasteiger partial charge in [-0.3, -0.25) is 24.5 Å². The van der Waals surface area contributed by atoms with Gasteiger partial charge in [-0.15, -0.1) is 0 Å². The fourth-order valence-electron chi connectivity index (χ4n) is 5.90. The summed E-state index contributed by atoms with van der Waals surface area (Å²) in [5.74, 6) is -2.46. The second kappa shape index (κ2) is 9.53. The fraction of sp³-hybridized carbons (Fsp3) is 0.207. The topological polar surface area (TPSA) is 131 Å². The SMILES string of the molecule is COc1ccc(N2C(=O)[C@@H]3[C@H](C2=O)[C@H](C(=O)Nc2ccc([N+](=O)[O-])cc2)N2c4ccccc4C=C[C@@H]32)c(OC)c1. The molecule has 3 aliphatic rings. The van der Waals surface area contributed by atoms with Gasteiger partial charge in [0.25, 0.3) is 5.69 Å². The van der Waals surface area contributed by atoms with Gasteiger partial charge >= 0.3 is 0 Å². The van der Waals surface area contributed by atoms with Crippen LogP contribution in [-0.4, -0.2) is 48.9 Å². The summed E-state index contributed by atoms with van der Waals surface area (Å²) >= 11 is 0. The number of rotatable bonds is 6. The van der Waals surface area contributed by atoms with Crippen LogP contribution in [0.15, 0.2) is 72.8 Å². The Hall–Kier alpha value is -5.19. The number of benzene rings is 3. The number of nitrogens with one attached hydrogen (secondary N) is 1. The molecule has 4 atom stereocenters. The molecule has 0 bridgehead atoms. The van der Waals surface area contributed by atoms with Crippen LogP contribution in [0.25, 0.3) is 6.08 Å². The first kappa shape index (κ1) is 25.1. The summed E-state index contributed by atoms with van der Waals surface area (Å²) in [5, 5.41) is 13.9. The maximum Gasteiger partial charge on any atom is 0.269 e. The van der Waals surface area contributed by atoms with Gasteiger partial charge in [-0.25, -0.2) is 4.90 Å². The van der Waals surface area contributed by atoms with Crippen LogP contribution < -0.4 is 24.6 Å². The molecule has 3 aliphatic heterocycles. The van der Waals surface area contributed by atoms with Crippen molar-refractivity contribution < 1.29 is 28.8 Å². The highest BCUT2D eigenvalue weighted by atomic mass is 16.6. The summed E-state index contributed by atoms with van der Waals surface area (Å²) in [6.07, 6.45) is 3.76. The van der Waals surface area contributed by atoms with Crippen LogP contribution in [0.5, 0.6) is 11.5 Å². The third-order valence-electron chi connectivity index (χ3n) is 7.66. The number of hydrogen-bond donors (Lipinski definition) is 1. The summed E-state index contributed by atoms with van der Waals surface area (Å²) in [5.41, 5.74) is 2.09. The lowest BCUT2D eigenvalue weighted by atomic mass is 9.88. The number of methoxy groups -OCH3 is 2. The summed E-state index contributed by atoms with van der Waals surface area (Å²) < 4.78 is 10.7. The Morgan fingerprint density at radius 2 is 1.65 bits per heavy atom. The molecule has 6 rings (SSSR count). The highest BCUT2D eigenvalue weighted by Crippen LogP contribution is 2.50. The zero-order chi connectivity index (χ0) is 28.1. The number of nitrogens with zero attached hydrogens (tertiary/aromatic N) is 3. The van der Waals surface area contributed by atoms with Crippen LogP contribution in [-0.2, 0) is 14.4 Å². The second-order valence-corrected chi connectivity index (χ2v) is 9.66. The molecule has 0 saturated carbocycles. The molecule has 202 valence electrons. The average Bonchev–Trinajstić information content (AvgIpc) is 3.45. The first-order valence-corrected chi connectivity index (χ1v) is 12.5. The van der Waals surface area contributed by atoms with E-state index in [0.29, 0.717) is 11.4 Å². The van der Waals surface area contributed by atoms with Crippen molar-refractivity contribution in [2.24, 2.45) is 11.8 Å². The summed E-state index contributed by atoms with van der Waals surface area (Å²) in [7, 11) is 2.94. The van der Waals surface area contributed by atoms with Gasteiger partial charge < -0.3 is 19.7 Å². The summed E-state index contributed by atoms with van der Waals surface area (Å²) in [6, 6.07) is 16.2. The molecule has 0 aliphatic carbocycles. The molecule has 0 aromatic heterocycles. The van der Waals surface area contributed by atoms with E-state index in [-0.39, 0.29) is 17.1 Å². The van der Waals surface area contributed by atoms with Crippen LogP contribution in [0.1, 0.15) is 5.56 Å². The Labute approximate surface area is 228 Å². The molecule has 0 radical (unpaired) electrons. The highest BCUT2D eigenvalue weighted by molar-refractivity contribution is 6.25. The van der Waals surface area contributed by atoms with E-state index in [9.17, 15) is 24.5 Å². The molecule has 3 aromatic rings. The van der Waals surface area contributed by atoms with E-state index >= 15 is 0 Å². The van der Waals surface area contributed by atoms with E-state index in [1.54, 1.807) is 18.2 Å². The number of nitro benzene ring substituents is 1.